The molecule has 2 aromatic heterocycles. The Kier molecular flexibility index (Phi) is 4.76. The van der Waals surface area contributed by atoms with Crippen LogP contribution in [0.15, 0.2) is 10.6 Å². The highest BCUT2D eigenvalue weighted by molar-refractivity contribution is 5.06. The zero-order chi connectivity index (χ0) is 17.3. The van der Waals surface area contributed by atoms with Gasteiger partial charge < -0.3 is 4.42 Å². The first-order valence-corrected chi connectivity index (χ1v) is 8.87. The first-order valence-electron chi connectivity index (χ1n) is 8.87. The van der Waals surface area contributed by atoms with E-state index in [-0.39, 0.29) is 5.41 Å². The van der Waals surface area contributed by atoms with Crippen LogP contribution in [-0.4, -0.2) is 37.7 Å². The molecule has 0 bridgehead atoms. The smallest absolute Gasteiger partial charge is 0.208 e. The van der Waals surface area contributed by atoms with E-state index in [1.165, 1.54) is 12.8 Å². The van der Waals surface area contributed by atoms with E-state index in [4.69, 9.17) is 4.42 Å². The predicted octanol–water partition coefficient (Wildman–Crippen LogP) is 3.09. The molecule has 1 aliphatic rings. The maximum Gasteiger partial charge on any atom is 0.208 e. The average Bonchev–Trinajstić information content (AvgIpc) is 3.06. The van der Waals surface area contributed by atoms with E-state index in [0.29, 0.717) is 5.92 Å². The van der Waals surface area contributed by atoms with Gasteiger partial charge in [-0.25, -0.2) is 14.6 Å². The van der Waals surface area contributed by atoms with Crippen LogP contribution >= 0.6 is 0 Å². The number of aryl methyl sites for hydroxylation is 2. The van der Waals surface area contributed by atoms with Crippen molar-refractivity contribution in [3.63, 3.8) is 0 Å². The van der Waals surface area contributed by atoms with Gasteiger partial charge in [-0.2, -0.15) is 5.10 Å². The highest BCUT2D eigenvalue weighted by Crippen LogP contribution is 2.24. The third-order valence-electron chi connectivity index (χ3n) is 4.65. The summed E-state index contributed by atoms with van der Waals surface area (Å²) in [6.07, 6.45) is 4.33. The largest absolute Gasteiger partial charge is 0.444 e. The van der Waals surface area contributed by atoms with Crippen LogP contribution < -0.4 is 0 Å². The van der Waals surface area contributed by atoms with Crippen LogP contribution in [-0.2, 0) is 18.5 Å². The summed E-state index contributed by atoms with van der Waals surface area (Å²) < 4.78 is 7.99. The summed E-state index contributed by atoms with van der Waals surface area (Å²) in [6.45, 7) is 14.3. The van der Waals surface area contributed by atoms with Crippen LogP contribution in [0.4, 0.5) is 0 Å². The van der Waals surface area contributed by atoms with E-state index >= 15 is 0 Å². The van der Waals surface area contributed by atoms with Crippen LogP contribution in [0.25, 0.3) is 0 Å². The fourth-order valence-electron chi connectivity index (χ4n) is 3.34. The van der Waals surface area contributed by atoms with Crippen LogP contribution in [0.5, 0.6) is 0 Å². The van der Waals surface area contributed by atoms with E-state index in [9.17, 15) is 0 Å². The lowest BCUT2D eigenvalue weighted by Gasteiger charge is -2.31. The van der Waals surface area contributed by atoms with Gasteiger partial charge in [-0.15, -0.1) is 0 Å². The highest BCUT2D eigenvalue weighted by Gasteiger charge is 2.24. The molecule has 0 amide bonds. The highest BCUT2D eigenvalue weighted by atomic mass is 16.4. The number of likely N-dealkylation sites (tertiary alicyclic amines) is 1. The minimum absolute atomic E-state index is 0.0121. The quantitative estimate of drug-likeness (QED) is 0.861. The van der Waals surface area contributed by atoms with Crippen molar-refractivity contribution in [2.45, 2.75) is 66.0 Å². The maximum absolute atomic E-state index is 5.95. The molecule has 0 radical (unpaired) electrons. The van der Waals surface area contributed by atoms with Gasteiger partial charge >= 0.3 is 0 Å². The molecule has 1 aliphatic heterocycles. The number of aromatic nitrogens is 4. The molecule has 1 atom stereocenters. The molecule has 1 saturated heterocycles. The molecule has 0 aliphatic carbocycles. The number of nitrogens with zero attached hydrogens (tertiary/aromatic N) is 5. The Bertz CT molecular complexity index is 682. The molecule has 0 saturated carbocycles. The van der Waals surface area contributed by atoms with Crippen molar-refractivity contribution >= 4 is 0 Å². The van der Waals surface area contributed by atoms with Crippen LogP contribution in [0, 0.1) is 19.8 Å². The van der Waals surface area contributed by atoms with Crippen molar-refractivity contribution < 1.29 is 4.42 Å². The van der Waals surface area contributed by atoms with Crippen LogP contribution in [0.2, 0.25) is 0 Å². The Balaban J connectivity index is 1.59. The van der Waals surface area contributed by atoms with Gasteiger partial charge in [0.05, 0.1) is 12.7 Å². The molecule has 1 unspecified atom stereocenters. The molecule has 132 valence electrons. The van der Waals surface area contributed by atoms with Crippen molar-refractivity contribution in [3.8, 4) is 0 Å². The Morgan fingerprint density at radius 1 is 1.29 bits per heavy atom. The number of rotatable bonds is 4. The number of oxazole rings is 1. The van der Waals surface area contributed by atoms with Gasteiger partial charge in [0.1, 0.15) is 17.4 Å². The summed E-state index contributed by atoms with van der Waals surface area (Å²) in [7, 11) is 0. The summed E-state index contributed by atoms with van der Waals surface area (Å²) in [4.78, 5) is 11.3. The van der Waals surface area contributed by atoms with Crippen LogP contribution in [0.3, 0.4) is 0 Å². The van der Waals surface area contributed by atoms with Crippen molar-refractivity contribution in [3.05, 3.63) is 29.5 Å². The minimum Gasteiger partial charge on any atom is -0.444 e. The first-order chi connectivity index (χ1) is 11.3. The topological polar surface area (TPSA) is 60.0 Å². The molecule has 3 heterocycles. The number of hydrogen-bond donors (Lipinski definition) is 0. The summed E-state index contributed by atoms with van der Waals surface area (Å²) in [5.41, 5.74) is 0.0121. The first kappa shape index (κ1) is 17.1. The molecule has 1 fully saturated rings. The molecule has 0 N–H and O–H groups in total. The molecule has 24 heavy (non-hydrogen) atoms. The maximum atomic E-state index is 5.95. The summed E-state index contributed by atoms with van der Waals surface area (Å²) in [6, 6.07) is 0. The van der Waals surface area contributed by atoms with Crippen LogP contribution in [0.1, 0.15) is 56.9 Å². The average molecular weight is 331 g/mol. The van der Waals surface area contributed by atoms with E-state index < -0.39 is 0 Å². The summed E-state index contributed by atoms with van der Waals surface area (Å²) >= 11 is 0. The standard InChI is InChI=1S/C18H29N5O/c1-13-20-14(2)23(21-13)11-15-7-6-8-22(10-15)12-17-19-9-16(24-17)18(3,4)5/h9,15H,6-8,10-12H2,1-5H3. The van der Waals surface area contributed by atoms with E-state index in [0.717, 1.165) is 49.5 Å². The van der Waals surface area contributed by atoms with E-state index in [2.05, 4.69) is 40.7 Å². The molecule has 6 heteroatoms. The van der Waals surface area contributed by atoms with E-state index in [1.54, 1.807) is 0 Å². The number of piperidine rings is 1. The second kappa shape index (κ2) is 6.67. The van der Waals surface area contributed by atoms with Gasteiger partial charge in [0.25, 0.3) is 0 Å². The van der Waals surface area contributed by atoms with Crippen molar-refractivity contribution in [2.24, 2.45) is 5.92 Å². The summed E-state index contributed by atoms with van der Waals surface area (Å²) in [5, 5.41) is 4.50. The lowest BCUT2D eigenvalue weighted by atomic mass is 9.94. The lowest BCUT2D eigenvalue weighted by molar-refractivity contribution is 0.140. The number of hydrogen-bond acceptors (Lipinski definition) is 5. The predicted molar refractivity (Wildman–Crippen MR) is 92.7 cm³/mol. The Labute approximate surface area is 144 Å². The van der Waals surface area contributed by atoms with Gasteiger partial charge in [0.2, 0.25) is 5.89 Å². The third kappa shape index (κ3) is 4.04. The van der Waals surface area contributed by atoms with Gasteiger partial charge in [-0.3, -0.25) is 4.90 Å². The monoisotopic (exact) mass is 331 g/mol. The zero-order valence-electron chi connectivity index (χ0n) is 15.5. The van der Waals surface area contributed by atoms with Gasteiger partial charge in [0, 0.05) is 18.5 Å². The molecular formula is C18H29N5O. The molecule has 0 spiro atoms. The molecule has 0 aromatic carbocycles. The molecular weight excluding hydrogens is 302 g/mol. The normalized spacial score (nSPS) is 19.8. The zero-order valence-corrected chi connectivity index (χ0v) is 15.5. The minimum atomic E-state index is 0.0121. The van der Waals surface area contributed by atoms with Gasteiger partial charge in [-0.1, -0.05) is 20.8 Å². The fourth-order valence-corrected chi connectivity index (χ4v) is 3.34. The van der Waals surface area contributed by atoms with Crippen molar-refractivity contribution in [1.29, 1.82) is 0 Å². The van der Waals surface area contributed by atoms with Crippen molar-refractivity contribution in [2.75, 3.05) is 13.1 Å². The Morgan fingerprint density at radius 2 is 2.08 bits per heavy atom. The fraction of sp³-hybridized carbons (Fsp3) is 0.722. The SMILES string of the molecule is Cc1nc(C)n(CC2CCCN(Cc3ncc(C(C)(C)C)o3)C2)n1. The van der Waals surface area contributed by atoms with Gasteiger partial charge in [-0.05, 0) is 39.2 Å². The van der Waals surface area contributed by atoms with E-state index in [1.807, 2.05) is 24.7 Å². The molecule has 6 nitrogen and oxygen atoms in total. The Hall–Kier alpha value is -1.69. The third-order valence-corrected chi connectivity index (χ3v) is 4.65. The summed E-state index contributed by atoms with van der Waals surface area (Å²) in [5.74, 6) is 4.26. The Morgan fingerprint density at radius 3 is 2.71 bits per heavy atom. The van der Waals surface area contributed by atoms with Gasteiger partial charge in [0.15, 0.2) is 0 Å². The second-order valence-corrected chi connectivity index (χ2v) is 8.00. The lowest BCUT2D eigenvalue weighted by Crippen LogP contribution is -2.37. The molecule has 2 aromatic rings. The molecule has 3 rings (SSSR count). The van der Waals surface area contributed by atoms with Crippen molar-refractivity contribution in [1.82, 2.24) is 24.6 Å². The second-order valence-electron chi connectivity index (χ2n) is 8.00.